The molecule has 1 aromatic carbocycles. The number of benzene rings is 1. The molecule has 18 heavy (non-hydrogen) atoms. The first kappa shape index (κ1) is 15.3. The Bertz CT molecular complexity index is 437. The maximum absolute atomic E-state index is 12.4. The van der Waals surface area contributed by atoms with Crippen molar-refractivity contribution >= 4 is 29.9 Å². The van der Waals surface area contributed by atoms with Crippen LogP contribution < -0.4 is 5.32 Å². The van der Waals surface area contributed by atoms with Crippen molar-refractivity contribution in [3.63, 3.8) is 0 Å². The number of nitrogens with one attached hydrogen (secondary N) is 1. The number of halogens is 2. The highest BCUT2D eigenvalue weighted by molar-refractivity contribution is 6.31. The molecule has 3 nitrogen and oxygen atoms in total. The quantitative estimate of drug-likeness (QED) is 0.861. The van der Waals surface area contributed by atoms with Crippen LogP contribution >= 0.6 is 24.0 Å². The second-order valence-corrected chi connectivity index (χ2v) is 4.93. The fourth-order valence-electron chi connectivity index (χ4n) is 2.13. The Morgan fingerprint density at radius 3 is 2.89 bits per heavy atom. The predicted molar refractivity (Wildman–Crippen MR) is 76.8 cm³/mol. The second-order valence-electron chi connectivity index (χ2n) is 4.52. The molecule has 1 fully saturated rings. The lowest BCUT2D eigenvalue weighted by molar-refractivity contribution is 0.0708. The van der Waals surface area contributed by atoms with Crippen molar-refractivity contribution < 1.29 is 4.79 Å². The summed E-state index contributed by atoms with van der Waals surface area (Å²) in [5, 5.41) is 3.98. The van der Waals surface area contributed by atoms with Crippen molar-refractivity contribution in [3.8, 4) is 0 Å². The first-order valence-corrected chi connectivity index (χ1v) is 6.25. The van der Waals surface area contributed by atoms with Gasteiger partial charge in [0.05, 0.1) is 0 Å². The average molecular weight is 289 g/mol. The third-order valence-electron chi connectivity index (χ3n) is 3.15. The Morgan fingerprint density at radius 1 is 1.50 bits per heavy atom. The summed E-state index contributed by atoms with van der Waals surface area (Å²) in [4.78, 5) is 14.2. The van der Waals surface area contributed by atoms with Crippen LogP contribution in [0.5, 0.6) is 0 Å². The van der Waals surface area contributed by atoms with Gasteiger partial charge >= 0.3 is 0 Å². The van der Waals surface area contributed by atoms with Gasteiger partial charge in [-0.05, 0) is 31.5 Å². The molecule has 2 rings (SSSR count). The number of carbonyl (C=O) groups excluding carboxylic acids is 1. The van der Waals surface area contributed by atoms with E-state index in [-0.39, 0.29) is 18.3 Å². The molecule has 0 radical (unpaired) electrons. The van der Waals surface area contributed by atoms with Crippen LogP contribution in [0, 0.1) is 6.92 Å². The van der Waals surface area contributed by atoms with Gasteiger partial charge in [-0.25, -0.2) is 0 Å². The monoisotopic (exact) mass is 288 g/mol. The summed E-state index contributed by atoms with van der Waals surface area (Å²) in [6, 6.07) is 5.84. The Hall–Kier alpha value is -0.770. The molecule has 1 aliphatic heterocycles. The van der Waals surface area contributed by atoms with E-state index in [0.29, 0.717) is 16.6 Å². The molecule has 1 aliphatic rings. The first-order valence-electron chi connectivity index (χ1n) is 5.87. The van der Waals surface area contributed by atoms with Crippen molar-refractivity contribution in [1.29, 1.82) is 0 Å². The molecule has 100 valence electrons. The van der Waals surface area contributed by atoms with Crippen LogP contribution in [0.3, 0.4) is 0 Å². The number of nitrogens with zero attached hydrogens (tertiary/aromatic N) is 1. The zero-order valence-corrected chi connectivity index (χ0v) is 12.1. The van der Waals surface area contributed by atoms with E-state index in [9.17, 15) is 4.79 Å². The molecule has 0 aliphatic carbocycles. The van der Waals surface area contributed by atoms with E-state index < -0.39 is 0 Å². The number of carbonyl (C=O) groups is 1. The second kappa shape index (κ2) is 6.41. The maximum Gasteiger partial charge on any atom is 0.254 e. The molecule has 1 amide bonds. The number of hydrogen-bond donors (Lipinski definition) is 1. The van der Waals surface area contributed by atoms with Gasteiger partial charge in [-0.1, -0.05) is 17.7 Å². The van der Waals surface area contributed by atoms with E-state index in [2.05, 4.69) is 12.2 Å². The van der Waals surface area contributed by atoms with Crippen LogP contribution in [0.4, 0.5) is 0 Å². The van der Waals surface area contributed by atoms with Crippen LogP contribution in [0.2, 0.25) is 5.02 Å². The predicted octanol–water partition coefficient (Wildman–Crippen LogP) is 2.50. The van der Waals surface area contributed by atoms with E-state index in [4.69, 9.17) is 11.6 Å². The molecule has 1 atom stereocenters. The Morgan fingerprint density at radius 2 is 2.22 bits per heavy atom. The largest absolute Gasteiger partial charge is 0.336 e. The summed E-state index contributed by atoms with van der Waals surface area (Å²) in [5.41, 5.74) is 1.58. The van der Waals surface area contributed by atoms with Crippen molar-refractivity contribution in [3.05, 3.63) is 34.3 Å². The van der Waals surface area contributed by atoms with Gasteiger partial charge in [0.1, 0.15) is 0 Å². The van der Waals surface area contributed by atoms with Gasteiger partial charge in [0.15, 0.2) is 0 Å². The van der Waals surface area contributed by atoms with Crippen LogP contribution in [-0.2, 0) is 0 Å². The lowest BCUT2D eigenvalue weighted by atomic mass is 10.1. The molecule has 1 heterocycles. The van der Waals surface area contributed by atoms with Gasteiger partial charge < -0.3 is 10.2 Å². The lowest BCUT2D eigenvalue weighted by Gasteiger charge is -2.32. The van der Waals surface area contributed by atoms with E-state index in [0.717, 1.165) is 25.2 Å². The standard InChI is InChI=1S/C13H17ClN2O.ClH/c1-9-8-16(7-6-15-9)13(17)11-4-3-5-12(14)10(11)2;/h3-5,9,15H,6-8H2,1-2H3;1H/t9-;/m1./s1. The molecule has 0 bridgehead atoms. The zero-order valence-electron chi connectivity index (χ0n) is 10.6. The van der Waals surface area contributed by atoms with Gasteiger partial charge in [-0.2, -0.15) is 0 Å². The van der Waals surface area contributed by atoms with Crippen molar-refractivity contribution in [1.82, 2.24) is 10.2 Å². The number of amides is 1. The molecule has 0 aromatic heterocycles. The summed E-state index contributed by atoms with van der Waals surface area (Å²) in [6.45, 7) is 6.35. The Labute approximate surface area is 119 Å². The van der Waals surface area contributed by atoms with Crippen molar-refractivity contribution in [2.75, 3.05) is 19.6 Å². The molecule has 0 saturated carbocycles. The highest BCUT2D eigenvalue weighted by atomic mass is 35.5. The average Bonchev–Trinajstić information content (AvgIpc) is 2.32. The molecule has 0 unspecified atom stereocenters. The molecule has 0 spiro atoms. The zero-order chi connectivity index (χ0) is 12.4. The highest BCUT2D eigenvalue weighted by Crippen LogP contribution is 2.20. The highest BCUT2D eigenvalue weighted by Gasteiger charge is 2.22. The normalized spacial score (nSPS) is 19.3. The van der Waals surface area contributed by atoms with E-state index >= 15 is 0 Å². The Kier molecular flexibility index (Phi) is 5.45. The van der Waals surface area contributed by atoms with Crippen molar-refractivity contribution in [2.24, 2.45) is 0 Å². The van der Waals surface area contributed by atoms with Gasteiger partial charge in [0.2, 0.25) is 0 Å². The minimum atomic E-state index is 0. The summed E-state index contributed by atoms with van der Waals surface area (Å²) in [6.07, 6.45) is 0. The third kappa shape index (κ3) is 3.16. The van der Waals surface area contributed by atoms with Gasteiger partial charge in [-0.3, -0.25) is 4.79 Å². The van der Waals surface area contributed by atoms with Gasteiger partial charge in [-0.15, -0.1) is 12.4 Å². The molecular formula is C13H18Cl2N2O. The maximum atomic E-state index is 12.4. The minimum Gasteiger partial charge on any atom is -0.336 e. The summed E-state index contributed by atoms with van der Waals surface area (Å²) < 4.78 is 0. The summed E-state index contributed by atoms with van der Waals surface area (Å²) in [7, 11) is 0. The molecular weight excluding hydrogens is 271 g/mol. The topological polar surface area (TPSA) is 32.3 Å². The number of hydrogen-bond acceptors (Lipinski definition) is 2. The van der Waals surface area contributed by atoms with Crippen molar-refractivity contribution in [2.45, 2.75) is 19.9 Å². The van der Waals surface area contributed by atoms with Gasteiger partial charge in [0.25, 0.3) is 5.91 Å². The first-order chi connectivity index (χ1) is 8.09. The number of piperazine rings is 1. The van der Waals surface area contributed by atoms with E-state index in [1.54, 1.807) is 0 Å². The fraction of sp³-hybridized carbons (Fsp3) is 0.462. The molecule has 1 aromatic rings. The van der Waals surface area contributed by atoms with Crippen LogP contribution in [0.25, 0.3) is 0 Å². The lowest BCUT2D eigenvalue weighted by Crippen LogP contribution is -2.51. The van der Waals surface area contributed by atoms with E-state index in [1.165, 1.54) is 0 Å². The number of rotatable bonds is 1. The summed E-state index contributed by atoms with van der Waals surface area (Å²) in [5.74, 6) is 0.0818. The third-order valence-corrected chi connectivity index (χ3v) is 3.56. The van der Waals surface area contributed by atoms with Crippen LogP contribution in [0.15, 0.2) is 18.2 Å². The SMILES string of the molecule is Cc1c(Cl)cccc1C(=O)N1CCN[C@H](C)C1.Cl. The minimum absolute atomic E-state index is 0. The smallest absolute Gasteiger partial charge is 0.254 e. The van der Waals surface area contributed by atoms with Crippen LogP contribution in [0.1, 0.15) is 22.8 Å². The summed E-state index contributed by atoms with van der Waals surface area (Å²) >= 11 is 6.04. The van der Waals surface area contributed by atoms with Crippen LogP contribution in [-0.4, -0.2) is 36.5 Å². The van der Waals surface area contributed by atoms with Gasteiger partial charge in [0, 0.05) is 36.3 Å². The van der Waals surface area contributed by atoms with E-state index in [1.807, 2.05) is 30.0 Å². The molecule has 1 saturated heterocycles. The Balaban J connectivity index is 0.00000162. The fourth-order valence-corrected chi connectivity index (χ4v) is 2.30. The molecule has 5 heteroatoms. The molecule has 1 N–H and O–H groups in total.